The molecule has 0 aliphatic carbocycles. The van der Waals surface area contributed by atoms with E-state index in [-0.39, 0.29) is 12.3 Å². The Bertz CT molecular complexity index is 467. The van der Waals surface area contributed by atoms with Crippen LogP contribution in [0.15, 0.2) is 16.7 Å². The highest BCUT2D eigenvalue weighted by molar-refractivity contribution is 9.10. The number of amides is 1. The van der Waals surface area contributed by atoms with Crippen molar-refractivity contribution in [1.29, 1.82) is 0 Å². The maximum Gasteiger partial charge on any atom is 0.304 e. The lowest BCUT2D eigenvalue weighted by Gasteiger charge is -2.34. The number of hydrogen-bond acceptors (Lipinski definition) is 3. The van der Waals surface area contributed by atoms with E-state index < -0.39 is 5.97 Å². The van der Waals surface area contributed by atoms with E-state index in [9.17, 15) is 9.59 Å². The number of carbonyl (C=O) groups excluding carboxylic acids is 1. The first-order valence-electron chi connectivity index (χ1n) is 6.13. The zero-order valence-corrected chi connectivity index (χ0v) is 12.0. The average molecular weight is 330 g/mol. The van der Waals surface area contributed by atoms with Gasteiger partial charge in [-0.2, -0.15) is 0 Å². The molecule has 104 valence electrons. The van der Waals surface area contributed by atoms with E-state index in [0.29, 0.717) is 25.3 Å². The number of nitrogens with zero attached hydrogens (tertiary/aromatic N) is 2. The van der Waals surface area contributed by atoms with Crippen LogP contribution in [0.4, 0.5) is 0 Å². The minimum atomic E-state index is -0.783. The number of nitrogens with one attached hydrogen (secondary N) is 1. The smallest absolute Gasteiger partial charge is 0.304 e. The monoisotopic (exact) mass is 329 g/mol. The third-order valence-electron chi connectivity index (χ3n) is 3.18. The van der Waals surface area contributed by atoms with Gasteiger partial charge in [-0.05, 0) is 22.0 Å². The molecular formula is C12H16BrN3O3. The topological polar surface area (TPSA) is 76.6 Å². The van der Waals surface area contributed by atoms with Crippen molar-refractivity contribution in [2.24, 2.45) is 0 Å². The van der Waals surface area contributed by atoms with Crippen LogP contribution in [0, 0.1) is 0 Å². The summed E-state index contributed by atoms with van der Waals surface area (Å²) in [7, 11) is 0. The van der Waals surface area contributed by atoms with Crippen molar-refractivity contribution in [3.8, 4) is 0 Å². The molecule has 2 heterocycles. The number of rotatable bonds is 4. The molecule has 0 bridgehead atoms. The highest BCUT2D eigenvalue weighted by Crippen LogP contribution is 2.13. The molecule has 19 heavy (non-hydrogen) atoms. The third-order valence-corrected chi connectivity index (χ3v) is 3.64. The summed E-state index contributed by atoms with van der Waals surface area (Å²) in [5.41, 5.74) is 0.575. The molecule has 1 fully saturated rings. The number of carbonyl (C=O) groups is 2. The van der Waals surface area contributed by atoms with Gasteiger partial charge in [0.2, 0.25) is 0 Å². The van der Waals surface area contributed by atoms with E-state index in [2.05, 4.69) is 25.8 Å². The molecule has 1 aliphatic rings. The largest absolute Gasteiger partial charge is 0.481 e. The van der Waals surface area contributed by atoms with E-state index in [4.69, 9.17) is 5.11 Å². The summed E-state index contributed by atoms with van der Waals surface area (Å²) in [4.78, 5) is 29.4. The van der Waals surface area contributed by atoms with E-state index >= 15 is 0 Å². The normalized spacial score (nSPS) is 16.6. The fraction of sp³-hybridized carbons (Fsp3) is 0.500. The van der Waals surface area contributed by atoms with Crippen molar-refractivity contribution in [2.75, 3.05) is 32.7 Å². The Labute approximate surface area is 119 Å². The molecule has 0 saturated carbocycles. The van der Waals surface area contributed by atoms with Crippen LogP contribution in [-0.2, 0) is 4.79 Å². The first-order valence-corrected chi connectivity index (χ1v) is 6.93. The van der Waals surface area contributed by atoms with Gasteiger partial charge in [0, 0.05) is 43.4 Å². The summed E-state index contributed by atoms with van der Waals surface area (Å²) < 4.78 is 0.857. The minimum absolute atomic E-state index is 0.0106. The van der Waals surface area contributed by atoms with Crippen LogP contribution < -0.4 is 0 Å². The van der Waals surface area contributed by atoms with Gasteiger partial charge in [-0.3, -0.25) is 14.5 Å². The second kappa shape index (κ2) is 6.21. The van der Waals surface area contributed by atoms with Gasteiger partial charge in [-0.15, -0.1) is 0 Å². The lowest BCUT2D eigenvalue weighted by atomic mass is 10.2. The molecule has 0 radical (unpaired) electrons. The summed E-state index contributed by atoms with van der Waals surface area (Å²) in [6.45, 7) is 3.26. The minimum Gasteiger partial charge on any atom is -0.481 e. The lowest BCUT2D eigenvalue weighted by molar-refractivity contribution is -0.137. The zero-order chi connectivity index (χ0) is 13.8. The van der Waals surface area contributed by atoms with Crippen LogP contribution in [0.5, 0.6) is 0 Å². The number of halogens is 1. The van der Waals surface area contributed by atoms with Crippen LogP contribution in [0.2, 0.25) is 0 Å². The molecule has 6 nitrogen and oxygen atoms in total. The van der Waals surface area contributed by atoms with Crippen LogP contribution in [0.1, 0.15) is 16.9 Å². The molecule has 1 aromatic rings. The maximum atomic E-state index is 12.1. The number of piperazine rings is 1. The first kappa shape index (κ1) is 14.1. The molecule has 0 unspecified atom stereocenters. The summed E-state index contributed by atoms with van der Waals surface area (Å²) in [6, 6.07) is 1.76. The molecule has 0 aromatic carbocycles. The predicted octanol–water partition coefficient (Wildman–Crippen LogP) is 1.01. The second-order valence-corrected chi connectivity index (χ2v) is 5.42. The Morgan fingerprint density at radius 1 is 1.32 bits per heavy atom. The number of carboxylic acids is 1. The predicted molar refractivity (Wildman–Crippen MR) is 73.1 cm³/mol. The van der Waals surface area contributed by atoms with Gasteiger partial charge in [0.15, 0.2) is 0 Å². The van der Waals surface area contributed by atoms with Gasteiger partial charge in [0.25, 0.3) is 5.91 Å². The molecular weight excluding hydrogens is 314 g/mol. The number of H-pyrrole nitrogens is 1. The molecule has 0 atom stereocenters. The lowest BCUT2D eigenvalue weighted by Crippen LogP contribution is -2.49. The number of aliphatic carboxylic acids is 1. The van der Waals surface area contributed by atoms with Crippen LogP contribution in [-0.4, -0.2) is 64.5 Å². The number of aromatic amines is 1. The van der Waals surface area contributed by atoms with E-state index in [0.717, 1.165) is 17.6 Å². The Morgan fingerprint density at radius 2 is 2.00 bits per heavy atom. The van der Waals surface area contributed by atoms with Gasteiger partial charge >= 0.3 is 5.97 Å². The van der Waals surface area contributed by atoms with Crippen molar-refractivity contribution in [3.05, 3.63) is 22.4 Å². The van der Waals surface area contributed by atoms with Crippen LogP contribution in [0.25, 0.3) is 0 Å². The third kappa shape index (κ3) is 3.81. The van der Waals surface area contributed by atoms with Crippen molar-refractivity contribution < 1.29 is 14.7 Å². The molecule has 7 heteroatoms. The maximum absolute atomic E-state index is 12.1. The average Bonchev–Trinajstić information content (AvgIpc) is 2.83. The zero-order valence-electron chi connectivity index (χ0n) is 10.4. The van der Waals surface area contributed by atoms with Gasteiger partial charge in [-0.1, -0.05) is 0 Å². The fourth-order valence-electron chi connectivity index (χ4n) is 2.09. The summed E-state index contributed by atoms with van der Waals surface area (Å²) in [5.74, 6) is -0.793. The SMILES string of the molecule is O=C(O)CCN1CCN(C(=O)c2cc(Br)c[nH]2)CC1. The van der Waals surface area contributed by atoms with Gasteiger partial charge in [0.05, 0.1) is 6.42 Å². The molecule has 2 rings (SSSR count). The van der Waals surface area contributed by atoms with Crippen molar-refractivity contribution in [1.82, 2.24) is 14.8 Å². The molecule has 1 saturated heterocycles. The van der Waals surface area contributed by atoms with Crippen molar-refractivity contribution in [3.63, 3.8) is 0 Å². The number of hydrogen-bond donors (Lipinski definition) is 2. The van der Waals surface area contributed by atoms with Crippen LogP contribution >= 0.6 is 15.9 Å². The quantitative estimate of drug-likeness (QED) is 0.864. The fourth-order valence-corrected chi connectivity index (χ4v) is 2.43. The van der Waals surface area contributed by atoms with E-state index in [1.807, 2.05) is 0 Å². The molecule has 1 amide bonds. The van der Waals surface area contributed by atoms with E-state index in [1.54, 1.807) is 17.2 Å². The molecule has 0 spiro atoms. The highest BCUT2D eigenvalue weighted by Gasteiger charge is 2.23. The van der Waals surface area contributed by atoms with Gasteiger partial charge in [-0.25, -0.2) is 0 Å². The van der Waals surface area contributed by atoms with Gasteiger partial charge < -0.3 is 15.0 Å². The number of aromatic nitrogens is 1. The summed E-state index contributed by atoms with van der Waals surface area (Å²) in [6.07, 6.45) is 1.88. The van der Waals surface area contributed by atoms with Crippen LogP contribution in [0.3, 0.4) is 0 Å². The molecule has 2 N–H and O–H groups in total. The highest BCUT2D eigenvalue weighted by atomic mass is 79.9. The summed E-state index contributed by atoms with van der Waals surface area (Å²) in [5, 5.41) is 8.64. The standard InChI is InChI=1S/C12H16BrN3O3/c13-9-7-10(14-8-9)12(19)16-5-3-15(4-6-16)2-1-11(17)18/h7-8,14H,1-6H2,(H,17,18). The molecule has 1 aromatic heterocycles. The summed E-state index contributed by atoms with van der Waals surface area (Å²) >= 11 is 3.30. The molecule has 1 aliphatic heterocycles. The Balaban J connectivity index is 1.83. The van der Waals surface area contributed by atoms with E-state index in [1.165, 1.54) is 0 Å². The number of carboxylic acid groups (broad SMARTS) is 1. The Hall–Kier alpha value is -1.34. The van der Waals surface area contributed by atoms with Crippen molar-refractivity contribution in [2.45, 2.75) is 6.42 Å². The Kier molecular flexibility index (Phi) is 4.60. The first-order chi connectivity index (χ1) is 9.06. The second-order valence-electron chi connectivity index (χ2n) is 4.51. The Morgan fingerprint density at radius 3 is 2.53 bits per heavy atom. The van der Waals surface area contributed by atoms with Gasteiger partial charge in [0.1, 0.15) is 5.69 Å². The van der Waals surface area contributed by atoms with Crippen molar-refractivity contribution >= 4 is 27.8 Å².